The number of carbonyl (C=O) groups is 1. The number of alkyl halides is 1. The first-order chi connectivity index (χ1) is 7.40. The van der Waals surface area contributed by atoms with Gasteiger partial charge in [-0.3, -0.25) is 4.79 Å². The summed E-state index contributed by atoms with van der Waals surface area (Å²) in [7, 11) is 1.77. The van der Waals surface area contributed by atoms with Crippen LogP contribution in [0.15, 0.2) is 22.7 Å². The van der Waals surface area contributed by atoms with Gasteiger partial charge in [-0.25, -0.2) is 0 Å². The zero-order valence-corrected chi connectivity index (χ0v) is 12.9. The van der Waals surface area contributed by atoms with E-state index < -0.39 is 0 Å². The maximum absolute atomic E-state index is 12.0. The predicted octanol–water partition coefficient (Wildman–Crippen LogP) is 3.96. The van der Waals surface area contributed by atoms with Gasteiger partial charge in [0.2, 0.25) is 0 Å². The van der Waals surface area contributed by atoms with E-state index in [-0.39, 0.29) is 10.7 Å². The molecule has 0 spiro atoms. The van der Waals surface area contributed by atoms with Crippen LogP contribution >= 0.6 is 43.5 Å². The minimum atomic E-state index is -0.0329. The molecule has 0 heterocycles. The molecule has 2 nitrogen and oxygen atoms in total. The van der Waals surface area contributed by atoms with Crippen molar-refractivity contribution in [3.05, 3.63) is 33.3 Å². The number of hydrogen-bond donors (Lipinski definition) is 0. The summed E-state index contributed by atoms with van der Waals surface area (Å²) in [6, 6.07) is 5.19. The van der Waals surface area contributed by atoms with E-state index in [2.05, 4.69) is 31.9 Å². The van der Waals surface area contributed by atoms with Crippen LogP contribution in [0.1, 0.15) is 17.3 Å². The minimum absolute atomic E-state index is 0.0329. The molecule has 88 valence electrons. The molecule has 5 heteroatoms. The highest BCUT2D eigenvalue weighted by molar-refractivity contribution is 9.10. The molecule has 0 fully saturated rings. The van der Waals surface area contributed by atoms with E-state index in [1.165, 1.54) is 0 Å². The topological polar surface area (TPSA) is 20.3 Å². The maximum Gasteiger partial charge on any atom is 0.253 e. The van der Waals surface area contributed by atoms with Crippen molar-refractivity contribution in [2.24, 2.45) is 0 Å². The Morgan fingerprint density at radius 2 is 2.12 bits per heavy atom. The second kappa shape index (κ2) is 6.03. The normalized spacial score (nSPS) is 12.3. The fraction of sp³-hybridized carbons (Fsp3) is 0.364. The molecule has 1 amide bonds. The van der Waals surface area contributed by atoms with Crippen LogP contribution in [0.25, 0.3) is 0 Å². The summed E-state index contributed by atoms with van der Waals surface area (Å²) in [5, 5.41) is 0.554. The highest BCUT2D eigenvalue weighted by atomic mass is 79.9. The third kappa shape index (κ3) is 4.07. The summed E-state index contributed by atoms with van der Waals surface area (Å²) in [6.07, 6.45) is 0. The molecule has 1 aromatic rings. The second-order valence-electron chi connectivity index (χ2n) is 3.62. The van der Waals surface area contributed by atoms with Gasteiger partial charge < -0.3 is 4.90 Å². The summed E-state index contributed by atoms with van der Waals surface area (Å²) < 4.78 is 0.809. The van der Waals surface area contributed by atoms with Crippen molar-refractivity contribution in [3.63, 3.8) is 0 Å². The number of benzene rings is 1. The molecule has 0 radical (unpaired) electrons. The third-order valence-corrected chi connectivity index (χ3v) is 2.95. The molecule has 0 aromatic heterocycles. The molecular formula is C11H12Br2ClNO. The quantitative estimate of drug-likeness (QED) is 0.739. The van der Waals surface area contributed by atoms with Crippen molar-refractivity contribution in [2.45, 2.75) is 11.8 Å². The van der Waals surface area contributed by atoms with E-state index >= 15 is 0 Å². The van der Waals surface area contributed by atoms with Gasteiger partial charge in [0.15, 0.2) is 0 Å². The molecule has 1 unspecified atom stereocenters. The molecule has 1 aromatic carbocycles. The summed E-state index contributed by atoms with van der Waals surface area (Å²) in [6.45, 7) is 2.65. The molecular weight excluding hydrogens is 357 g/mol. The van der Waals surface area contributed by atoms with Gasteiger partial charge in [0.1, 0.15) is 0 Å². The van der Waals surface area contributed by atoms with Gasteiger partial charge in [0.25, 0.3) is 5.91 Å². The van der Waals surface area contributed by atoms with Crippen molar-refractivity contribution in [1.29, 1.82) is 0 Å². The first kappa shape index (κ1) is 14.0. The monoisotopic (exact) mass is 367 g/mol. The van der Waals surface area contributed by atoms with Crippen LogP contribution in [0, 0.1) is 0 Å². The van der Waals surface area contributed by atoms with Crippen molar-refractivity contribution in [3.8, 4) is 0 Å². The van der Waals surface area contributed by atoms with Gasteiger partial charge in [-0.2, -0.15) is 0 Å². The Bertz CT molecular complexity index is 375. The zero-order valence-electron chi connectivity index (χ0n) is 9.01. The van der Waals surface area contributed by atoms with Crippen LogP contribution in [0.5, 0.6) is 0 Å². The van der Waals surface area contributed by atoms with Crippen LogP contribution < -0.4 is 0 Å². The summed E-state index contributed by atoms with van der Waals surface area (Å²) in [5.74, 6) is -0.0329. The second-order valence-corrected chi connectivity index (χ2v) is 6.54. The van der Waals surface area contributed by atoms with Crippen molar-refractivity contribution < 1.29 is 4.79 Å². The lowest BCUT2D eigenvalue weighted by molar-refractivity contribution is 0.0797. The van der Waals surface area contributed by atoms with Gasteiger partial charge in [0.05, 0.1) is 0 Å². The summed E-state index contributed by atoms with van der Waals surface area (Å²) in [5.41, 5.74) is 0.593. The average molecular weight is 369 g/mol. The number of rotatable bonds is 3. The maximum atomic E-state index is 12.0. The van der Waals surface area contributed by atoms with Crippen molar-refractivity contribution >= 4 is 49.4 Å². The van der Waals surface area contributed by atoms with E-state index in [4.69, 9.17) is 11.6 Å². The molecule has 0 aliphatic rings. The van der Waals surface area contributed by atoms with Crippen LogP contribution in [-0.2, 0) is 0 Å². The lowest BCUT2D eigenvalue weighted by Crippen LogP contribution is -2.31. The number of amides is 1. The Morgan fingerprint density at radius 3 is 2.62 bits per heavy atom. The smallest absolute Gasteiger partial charge is 0.253 e. The first-order valence-electron chi connectivity index (χ1n) is 4.76. The number of hydrogen-bond acceptors (Lipinski definition) is 1. The molecule has 0 aliphatic carbocycles. The summed E-state index contributed by atoms with van der Waals surface area (Å²) >= 11 is 12.6. The molecule has 0 aliphatic heterocycles. The molecule has 0 saturated carbocycles. The predicted molar refractivity (Wildman–Crippen MR) is 74.5 cm³/mol. The van der Waals surface area contributed by atoms with Gasteiger partial charge in [-0.15, -0.1) is 0 Å². The molecule has 1 rings (SSSR count). The molecule has 1 atom stereocenters. The Kier molecular flexibility index (Phi) is 5.28. The van der Waals surface area contributed by atoms with E-state index in [0.717, 1.165) is 4.47 Å². The molecule has 16 heavy (non-hydrogen) atoms. The molecule has 0 N–H and O–H groups in total. The van der Waals surface area contributed by atoms with Gasteiger partial charge in [-0.05, 0) is 18.2 Å². The third-order valence-electron chi connectivity index (χ3n) is 1.98. The highest BCUT2D eigenvalue weighted by Gasteiger charge is 2.14. The van der Waals surface area contributed by atoms with Crippen LogP contribution in [-0.4, -0.2) is 29.2 Å². The Morgan fingerprint density at radius 1 is 1.50 bits per heavy atom. The SMILES string of the molecule is CC(Br)CN(C)C(=O)c1cc(Cl)cc(Br)c1. The lowest BCUT2D eigenvalue weighted by Gasteiger charge is -2.18. The van der Waals surface area contributed by atoms with Gasteiger partial charge in [0, 0.05) is 33.5 Å². The Labute approximate surface area is 117 Å². The first-order valence-corrected chi connectivity index (χ1v) is 6.84. The Hall–Kier alpha value is -0.0600. The fourth-order valence-corrected chi connectivity index (χ4v) is 2.65. The number of halogens is 3. The van der Waals surface area contributed by atoms with Crippen molar-refractivity contribution in [1.82, 2.24) is 4.90 Å². The van der Waals surface area contributed by atoms with Crippen LogP contribution in [0.4, 0.5) is 0 Å². The molecule has 0 saturated heterocycles. The standard InChI is InChI=1S/C11H12Br2ClNO/c1-7(12)6-15(2)11(16)8-3-9(13)5-10(14)4-8/h3-5,7H,6H2,1-2H3. The average Bonchev–Trinajstić information content (AvgIpc) is 2.13. The summed E-state index contributed by atoms with van der Waals surface area (Å²) in [4.78, 5) is 13.9. The lowest BCUT2D eigenvalue weighted by atomic mass is 10.2. The van der Waals surface area contributed by atoms with Gasteiger partial charge >= 0.3 is 0 Å². The number of carbonyl (C=O) groups excluding carboxylic acids is 1. The minimum Gasteiger partial charge on any atom is -0.341 e. The van der Waals surface area contributed by atoms with E-state index in [9.17, 15) is 4.79 Å². The van der Waals surface area contributed by atoms with E-state index in [0.29, 0.717) is 17.1 Å². The van der Waals surface area contributed by atoms with Crippen LogP contribution in [0.3, 0.4) is 0 Å². The highest BCUT2D eigenvalue weighted by Crippen LogP contribution is 2.20. The zero-order chi connectivity index (χ0) is 12.3. The fourth-order valence-electron chi connectivity index (χ4n) is 1.36. The Balaban J connectivity index is 2.87. The van der Waals surface area contributed by atoms with Gasteiger partial charge in [-0.1, -0.05) is 50.4 Å². The van der Waals surface area contributed by atoms with Crippen molar-refractivity contribution in [2.75, 3.05) is 13.6 Å². The largest absolute Gasteiger partial charge is 0.341 e. The molecule has 0 bridgehead atoms. The van der Waals surface area contributed by atoms with Crippen LogP contribution in [0.2, 0.25) is 5.02 Å². The number of nitrogens with zero attached hydrogens (tertiary/aromatic N) is 1. The van der Waals surface area contributed by atoms with E-state index in [1.54, 1.807) is 30.1 Å². The van der Waals surface area contributed by atoms with E-state index in [1.807, 2.05) is 6.92 Å².